The highest BCUT2D eigenvalue weighted by molar-refractivity contribution is 5.36. The summed E-state index contributed by atoms with van der Waals surface area (Å²) in [5, 5.41) is 1.16. The van der Waals surface area contributed by atoms with E-state index in [0.717, 1.165) is 10.6 Å². The average Bonchev–Trinajstić information content (AvgIpc) is 2.51. The molecule has 1 aromatic heterocycles. The van der Waals surface area contributed by atoms with Gasteiger partial charge in [-0.05, 0) is 25.5 Å². The molecule has 0 aliphatic rings. The number of hydrogen-bond donors (Lipinski definition) is 0. The smallest absolute Gasteiger partial charge is 0.133 e. The Labute approximate surface area is 80.1 Å². The first-order chi connectivity index (χ1) is 6.29. The van der Waals surface area contributed by atoms with E-state index in [1.54, 1.807) is 12.3 Å². The van der Waals surface area contributed by atoms with E-state index in [0.29, 0.717) is 0 Å². The van der Waals surface area contributed by atoms with Crippen molar-refractivity contribution < 1.29 is 4.42 Å². The van der Waals surface area contributed by atoms with E-state index >= 15 is 0 Å². The fourth-order valence-electron chi connectivity index (χ4n) is 1.08. The van der Waals surface area contributed by atoms with Gasteiger partial charge in [0.1, 0.15) is 5.42 Å². The molecule has 0 spiro atoms. The zero-order valence-electron chi connectivity index (χ0n) is 8.92. The second-order valence-corrected chi connectivity index (χ2v) is 2.39. The van der Waals surface area contributed by atoms with E-state index in [1.165, 1.54) is 5.56 Å². The molecule has 0 saturated heterocycles. The molecular weight excluding hydrogens is 160 g/mol. The molecule has 0 bridgehead atoms. The zero-order valence-corrected chi connectivity index (χ0v) is 8.92. The van der Waals surface area contributed by atoms with E-state index < -0.39 is 0 Å². The second-order valence-electron chi connectivity index (χ2n) is 2.39. The van der Waals surface area contributed by atoms with Crippen molar-refractivity contribution in [2.24, 2.45) is 0 Å². The molecule has 1 rings (SSSR count). The fourth-order valence-corrected chi connectivity index (χ4v) is 1.08. The maximum absolute atomic E-state index is 5.27. The summed E-state index contributed by atoms with van der Waals surface area (Å²) in [7, 11) is 0. The minimum absolute atomic E-state index is 0.889. The third-order valence-electron chi connectivity index (χ3n) is 1.61. The number of rotatable bonds is 1. The topological polar surface area (TPSA) is 13.1 Å². The van der Waals surface area contributed by atoms with Crippen molar-refractivity contribution in [3.63, 3.8) is 0 Å². The van der Waals surface area contributed by atoms with E-state index in [1.807, 2.05) is 39.8 Å². The molecule has 1 nitrogen and oxygen atoms in total. The Balaban J connectivity index is 0.000000671. The highest BCUT2D eigenvalue weighted by atomic mass is 16.3. The van der Waals surface area contributed by atoms with Gasteiger partial charge in [0.05, 0.1) is 6.26 Å². The van der Waals surface area contributed by atoms with Crippen LogP contribution in [0.25, 0.3) is 12.2 Å². The van der Waals surface area contributed by atoms with Crippen molar-refractivity contribution in [1.29, 1.82) is 0 Å². The SMILES string of the molecule is C=C/C=c1/occ(C)/c1=C/C.CC. The normalized spacial score (nSPS) is 12.3. The van der Waals surface area contributed by atoms with Crippen LogP contribution in [0.4, 0.5) is 0 Å². The van der Waals surface area contributed by atoms with Crippen molar-refractivity contribution in [3.05, 3.63) is 35.1 Å². The summed E-state index contributed by atoms with van der Waals surface area (Å²) in [5.74, 6) is 0. The Kier molecular flexibility index (Phi) is 5.69. The highest BCUT2D eigenvalue weighted by Gasteiger charge is 1.91. The Morgan fingerprint density at radius 1 is 1.38 bits per heavy atom. The Bertz CT molecular complexity index is 355. The number of allylic oxidation sites excluding steroid dienone is 1. The molecule has 0 aromatic carbocycles. The lowest BCUT2D eigenvalue weighted by Gasteiger charge is -1.76. The summed E-state index contributed by atoms with van der Waals surface area (Å²) in [5.41, 5.74) is 2.06. The first kappa shape index (κ1) is 11.8. The molecular formula is C12H18O. The van der Waals surface area contributed by atoms with Gasteiger partial charge in [-0.2, -0.15) is 0 Å². The summed E-state index contributed by atoms with van der Waals surface area (Å²) < 4.78 is 5.27. The van der Waals surface area contributed by atoms with E-state index in [2.05, 4.69) is 6.58 Å². The molecule has 0 fully saturated rings. The largest absolute Gasteiger partial charge is 0.464 e. The van der Waals surface area contributed by atoms with Gasteiger partial charge in [0.15, 0.2) is 0 Å². The van der Waals surface area contributed by atoms with Crippen LogP contribution in [0.15, 0.2) is 23.3 Å². The van der Waals surface area contributed by atoms with Crippen LogP contribution < -0.4 is 10.6 Å². The lowest BCUT2D eigenvalue weighted by Crippen LogP contribution is -2.20. The van der Waals surface area contributed by atoms with Crippen LogP contribution in [-0.2, 0) is 0 Å². The zero-order chi connectivity index (χ0) is 10.3. The van der Waals surface area contributed by atoms with Crippen molar-refractivity contribution >= 4 is 12.2 Å². The van der Waals surface area contributed by atoms with E-state index in [-0.39, 0.29) is 0 Å². The predicted molar refractivity (Wildman–Crippen MR) is 58.8 cm³/mol. The summed E-state index contributed by atoms with van der Waals surface area (Å²) in [6.45, 7) is 11.6. The summed E-state index contributed by atoms with van der Waals surface area (Å²) >= 11 is 0. The van der Waals surface area contributed by atoms with E-state index in [4.69, 9.17) is 4.42 Å². The van der Waals surface area contributed by atoms with Gasteiger partial charge >= 0.3 is 0 Å². The molecule has 0 radical (unpaired) electrons. The molecule has 0 saturated carbocycles. The molecule has 1 heterocycles. The monoisotopic (exact) mass is 178 g/mol. The van der Waals surface area contributed by atoms with Crippen LogP contribution >= 0.6 is 0 Å². The average molecular weight is 178 g/mol. The minimum atomic E-state index is 0.889. The van der Waals surface area contributed by atoms with Gasteiger partial charge < -0.3 is 4.42 Å². The predicted octanol–water partition coefficient (Wildman–Crippen LogP) is 2.38. The first-order valence-corrected chi connectivity index (χ1v) is 4.62. The van der Waals surface area contributed by atoms with Crippen LogP contribution in [0.3, 0.4) is 0 Å². The molecule has 0 N–H and O–H groups in total. The van der Waals surface area contributed by atoms with Gasteiger partial charge in [-0.25, -0.2) is 0 Å². The van der Waals surface area contributed by atoms with Gasteiger partial charge in [-0.3, -0.25) is 0 Å². The molecule has 1 aromatic rings. The number of furan rings is 1. The highest BCUT2D eigenvalue weighted by Crippen LogP contribution is 1.83. The van der Waals surface area contributed by atoms with Crippen LogP contribution in [0.5, 0.6) is 0 Å². The molecule has 0 aliphatic heterocycles. The fraction of sp³-hybridized carbons (Fsp3) is 0.333. The van der Waals surface area contributed by atoms with Gasteiger partial charge in [-0.15, -0.1) is 0 Å². The van der Waals surface area contributed by atoms with Crippen LogP contribution in [0.2, 0.25) is 0 Å². The molecule has 0 amide bonds. The van der Waals surface area contributed by atoms with Gasteiger partial charge in [-0.1, -0.05) is 32.6 Å². The Hall–Kier alpha value is -1.24. The van der Waals surface area contributed by atoms with Crippen molar-refractivity contribution in [1.82, 2.24) is 0 Å². The molecule has 1 heteroatoms. The summed E-state index contributed by atoms with van der Waals surface area (Å²) in [6, 6.07) is 0. The van der Waals surface area contributed by atoms with Gasteiger partial charge in [0.2, 0.25) is 0 Å². The summed E-state index contributed by atoms with van der Waals surface area (Å²) in [6.07, 6.45) is 7.38. The Morgan fingerprint density at radius 2 is 2.00 bits per heavy atom. The molecule has 0 atom stereocenters. The minimum Gasteiger partial charge on any atom is -0.464 e. The summed E-state index contributed by atoms with van der Waals surface area (Å²) in [4.78, 5) is 0. The van der Waals surface area contributed by atoms with Crippen LogP contribution in [-0.4, -0.2) is 0 Å². The van der Waals surface area contributed by atoms with Crippen LogP contribution in [0.1, 0.15) is 26.3 Å². The van der Waals surface area contributed by atoms with Crippen LogP contribution in [0, 0.1) is 6.92 Å². The third kappa shape index (κ3) is 2.94. The third-order valence-corrected chi connectivity index (χ3v) is 1.61. The lowest BCUT2D eigenvalue weighted by molar-refractivity contribution is 0.530. The quantitative estimate of drug-likeness (QED) is 0.643. The first-order valence-electron chi connectivity index (χ1n) is 4.62. The number of hydrogen-bond acceptors (Lipinski definition) is 1. The maximum atomic E-state index is 5.27. The van der Waals surface area contributed by atoms with Crippen molar-refractivity contribution in [2.75, 3.05) is 0 Å². The maximum Gasteiger partial charge on any atom is 0.133 e. The lowest BCUT2D eigenvalue weighted by atomic mass is 10.3. The molecule has 0 aliphatic carbocycles. The second kappa shape index (κ2) is 6.30. The van der Waals surface area contributed by atoms with Gasteiger partial charge in [0.25, 0.3) is 0 Å². The van der Waals surface area contributed by atoms with Crippen molar-refractivity contribution in [2.45, 2.75) is 27.7 Å². The standard InChI is InChI=1S/C10H12O.C2H6/c1-4-6-10-9(5-2)8(3)7-11-10;1-2/h4-7H,1H2,2-3H3;1-2H3/b9-5-,10-6+;. The Morgan fingerprint density at radius 3 is 2.46 bits per heavy atom. The molecule has 72 valence electrons. The van der Waals surface area contributed by atoms with E-state index in [9.17, 15) is 0 Å². The van der Waals surface area contributed by atoms with Gasteiger partial charge in [0, 0.05) is 5.22 Å². The molecule has 13 heavy (non-hydrogen) atoms. The van der Waals surface area contributed by atoms with Crippen molar-refractivity contribution in [3.8, 4) is 0 Å². The number of aryl methyl sites for hydroxylation is 1. The molecule has 0 unspecified atom stereocenters.